The minimum atomic E-state index is -0.291. The van der Waals surface area contributed by atoms with Crippen LogP contribution in [0.2, 0.25) is 10.0 Å². The van der Waals surface area contributed by atoms with Crippen molar-refractivity contribution in [3.05, 3.63) is 87.8 Å². The number of thioether (sulfide) groups is 1. The first-order chi connectivity index (χ1) is 14.0. The number of hydrogen-bond donors (Lipinski definition) is 2. The van der Waals surface area contributed by atoms with Crippen molar-refractivity contribution in [2.75, 3.05) is 11.1 Å². The van der Waals surface area contributed by atoms with Crippen molar-refractivity contribution in [1.29, 1.82) is 0 Å². The molecule has 150 valence electrons. The first-order valence-electron chi connectivity index (χ1n) is 8.74. The Kier molecular flexibility index (Phi) is 7.63. The van der Waals surface area contributed by atoms with E-state index >= 15 is 0 Å². The van der Waals surface area contributed by atoms with E-state index in [2.05, 4.69) is 10.6 Å². The van der Waals surface area contributed by atoms with Crippen LogP contribution >= 0.6 is 35.0 Å². The maximum absolute atomic E-state index is 12.5. The van der Waals surface area contributed by atoms with Gasteiger partial charge in [-0.2, -0.15) is 0 Å². The van der Waals surface area contributed by atoms with Gasteiger partial charge in [0.05, 0.1) is 39.9 Å². The highest BCUT2D eigenvalue weighted by Gasteiger charge is 2.13. The Hall–Kier alpha value is -2.41. The quantitative estimate of drug-likeness (QED) is 0.484. The van der Waals surface area contributed by atoms with Crippen molar-refractivity contribution >= 4 is 52.5 Å². The van der Waals surface area contributed by atoms with Gasteiger partial charge in [-0.15, -0.1) is 11.8 Å². The fourth-order valence-electron chi connectivity index (χ4n) is 2.54. The van der Waals surface area contributed by atoms with Crippen LogP contribution in [0.15, 0.2) is 65.3 Å². The van der Waals surface area contributed by atoms with Gasteiger partial charge in [-0.1, -0.05) is 41.4 Å². The van der Waals surface area contributed by atoms with Crippen molar-refractivity contribution in [2.24, 2.45) is 0 Å². The maximum Gasteiger partial charge on any atom is 0.253 e. The van der Waals surface area contributed by atoms with Crippen molar-refractivity contribution in [2.45, 2.75) is 12.3 Å². The number of nitrogens with one attached hydrogen (secondary N) is 2. The molecule has 1 aromatic heterocycles. The lowest BCUT2D eigenvalue weighted by Crippen LogP contribution is -2.25. The number of carbonyl (C=O) groups excluding carboxylic acids is 2. The lowest BCUT2D eigenvalue weighted by molar-refractivity contribution is -0.113. The Labute approximate surface area is 182 Å². The Balaban J connectivity index is 1.53. The van der Waals surface area contributed by atoms with Crippen molar-refractivity contribution in [3.8, 4) is 0 Å². The molecule has 0 fully saturated rings. The Morgan fingerprint density at radius 2 is 1.83 bits per heavy atom. The number of amides is 2. The summed E-state index contributed by atoms with van der Waals surface area (Å²) in [6, 6.07) is 15.8. The van der Waals surface area contributed by atoms with E-state index in [-0.39, 0.29) is 24.1 Å². The first kappa shape index (κ1) is 21.3. The van der Waals surface area contributed by atoms with Gasteiger partial charge in [0.1, 0.15) is 5.76 Å². The average molecular weight is 449 g/mol. The molecule has 0 saturated carbocycles. The standard InChI is InChI=1S/C21H18Cl2N2O3S/c22-17-8-7-14(10-18(17)23)12-29-13-20(26)25-19-6-2-1-5-16(19)21(27)24-11-15-4-3-9-28-15/h1-10H,11-13H2,(H,24,27)(H,25,26). The molecule has 2 N–H and O–H groups in total. The minimum absolute atomic E-state index is 0.193. The maximum atomic E-state index is 12.5. The summed E-state index contributed by atoms with van der Waals surface area (Å²) in [5.41, 5.74) is 1.83. The van der Waals surface area contributed by atoms with E-state index in [4.69, 9.17) is 27.6 Å². The Morgan fingerprint density at radius 3 is 2.59 bits per heavy atom. The first-order valence-corrected chi connectivity index (χ1v) is 10.6. The van der Waals surface area contributed by atoms with Crippen molar-refractivity contribution in [3.63, 3.8) is 0 Å². The normalized spacial score (nSPS) is 10.6. The smallest absolute Gasteiger partial charge is 0.253 e. The second-order valence-corrected chi connectivity index (χ2v) is 7.90. The number of benzene rings is 2. The van der Waals surface area contributed by atoms with Gasteiger partial charge >= 0.3 is 0 Å². The van der Waals surface area contributed by atoms with E-state index in [1.54, 1.807) is 54.8 Å². The molecule has 1 heterocycles. The zero-order valence-electron chi connectivity index (χ0n) is 15.3. The van der Waals surface area contributed by atoms with Gasteiger partial charge in [0.2, 0.25) is 5.91 Å². The summed E-state index contributed by atoms with van der Waals surface area (Å²) in [5, 5.41) is 6.57. The average Bonchev–Trinajstić information content (AvgIpc) is 3.23. The molecule has 0 radical (unpaired) electrons. The molecule has 0 aliphatic heterocycles. The van der Waals surface area contributed by atoms with Crippen LogP contribution < -0.4 is 10.6 Å². The van der Waals surface area contributed by atoms with E-state index < -0.39 is 0 Å². The second kappa shape index (κ2) is 10.4. The molecule has 3 aromatic rings. The molecule has 0 aliphatic rings. The van der Waals surface area contributed by atoms with Crippen LogP contribution in [0.4, 0.5) is 5.69 Å². The highest BCUT2D eigenvalue weighted by atomic mass is 35.5. The summed E-state index contributed by atoms with van der Waals surface area (Å²) in [6.45, 7) is 0.271. The monoisotopic (exact) mass is 448 g/mol. The molecule has 0 spiro atoms. The number of halogens is 2. The fraction of sp³-hybridized carbons (Fsp3) is 0.143. The molecule has 0 aliphatic carbocycles. The van der Waals surface area contributed by atoms with Crippen LogP contribution in [-0.2, 0) is 17.1 Å². The predicted molar refractivity (Wildman–Crippen MR) is 118 cm³/mol. The fourth-order valence-corrected chi connectivity index (χ4v) is 3.64. The minimum Gasteiger partial charge on any atom is -0.467 e. The number of para-hydroxylation sites is 1. The molecule has 0 unspecified atom stereocenters. The number of anilines is 1. The number of rotatable bonds is 8. The van der Waals surface area contributed by atoms with Gasteiger partial charge in [-0.25, -0.2) is 0 Å². The molecule has 5 nitrogen and oxygen atoms in total. The van der Waals surface area contributed by atoms with Crippen LogP contribution in [-0.4, -0.2) is 17.6 Å². The van der Waals surface area contributed by atoms with Crippen LogP contribution in [0.5, 0.6) is 0 Å². The van der Waals surface area contributed by atoms with Gasteiger partial charge in [0.25, 0.3) is 5.91 Å². The summed E-state index contributed by atoms with van der Waals surface area (Å²) in [5.74, 6) is 1.03. The number of carbonyl (C=O) groups is 2. The zero-order valence-corrected chi connectivity index (χ0v) is 17.6. The summed E-state index contributed by atoms with van der Waals surface area (Å²) in [4.78, 5) is 24.8. The molecule has 0 bridgehead atoms. The third-order valence-electron chi connectivity index (χ3n) is 3.93. The number of furan rings is 1. The summed E-state index contributed by atoms with van der Waals surface area (Å²) in [7, 11) is 0. The van der Waals surface area contributed by atoms with Gasteiger partial charge in [-0.3, -0.25) is 9.59 Å². The predicted octanol–water partition coefficient (Wildman–Crippen LogP) is 5.39. The summed E-state index contributed by atoms with van der Waals surface area (Å²) in [6.07, 6.45) is 1.55. The van der Waals surface area contributed by atoms with Gasteiger partial charge in [-0.05, 0) is 42.0 Å². The number of hydrogen-bond acceptors (Lipinski definition) is 4. The summed E-state index contributed by atoms with van der Waals surface area (Å²) < 4.78 is 5.21. The Bertz CT molecular complexity index is 993. The molecule has 0 saturated heterocycles. The van der Waals surface area contributed by atoms with E-state index in [0.29, 0.717) is 32.8 Å². The summed E-state index contributed by atoms with van der Waals surface area (Å²) >= 11 is 13.4. The third-order valence-corrected chi connectivity index (χ3v) is 5.68. The van der Waals surface area contributed by atoms with Crippen LogP contribution in [0.1, 0.15) is 21.7 Å². The van der Waals surface area contributed by atoms with Crippen molar-refractivity contribution < 1.29 is 14.0 Å². The Morgan fingerprint density at radius 1 is 1.00 bits per heavy atom. The van der Waals surface area contributed by atoms with Gasteiger partial charge in [0, 0.05) is 5.75 Å². The lowest BCUT2D eigenvalue weighted by Gasteiger charge is -2.11. The van der Waals surface area contributed by atoms with Gasteiger partial charge in [0.15, 0.2) is 0 Å². The second-order valence-electron chi connectivity index (χ2n) is 6.10. The lowest BCUT2D eigenvalue weighted by atomic mass is 10.1. The third kappa shape index (κ3) is 6.29. The van der Waals surface area contributed by atoms with Crippen molar-refractivity contribution in [1.82, 2.24) is 5.32 Å². The molecule has 2 aromatic carbocycles. The molecule has 2 amide bonds. The SMILES string of the molecule is O=C(CSCc1ccc(Cl)c(Cl)c1)Nc1ccccc1C(=O)NCc1ccco1. The van der Waals surface area contributed by atoms with E-state index in [1.165, 1.54) is 11.8 Å². The van der Waals surface area contributed by atoms with Crippen LogP contribution in [0, 0.1) is 0 Å². The van der Waals surface area contributed by atoms with E-state index in [9.17, 15) is 9.59 Å². The topological polar surface area (TPSA) is 71.3 Å². The molecular weight excluding hydrogens is 431 g/mol. The molecule has 0 atom stereocenters. The highest BCUT2D eigenvalue weighted by Crippen LogP contribution is 2.25. The van der Waals surface area contributed by atoms with Crippen LogP contribution in [0.3, 0.4) is 0 Å². The van der Waals surface area contributed by atoms with Gasteiger partial charge < -0.3 is 15.1 Å². The molecule has 8 heteroatoms. The van der Waals surface area contributed by atoms with Crippen LogP contribution in [0.25, 0.3) is 0 Å². The zero-order chi connectivity index (χ0) is 20.6. The molecular formula is C21H18Cl2N2O3S. The largest absolute Gasteiger partial charge is 0.467 e. The molecule has 3 rings (SSSR count). The highest BCUT2D eigenvalue weighted by molar-refractivity contribution is 7.99. The van der Waals surface area contributed by atoms with E-state index in [1.807, 2.05) is 6.07 Å². The molecule has 29 heavy (non-hydrogen) atoms. The van der Waals surface area contributed by atoms with E-state index in [0.717, 1.165) is 5.56 Å².